The van der Waals surface area contributed by atoms with Gasteiger partial charge in [-0.2, -0.15) is 0 Å². The van der Waals surface area contributed by atoms with Crippen LogP contribution in [0.25, 0.3) is 0 Å². The Bertz CT molecular complexity index is 535. The third kappa shape index (κ3) is 2.65. The molecular weight excluding hydrogens is 244 g/mol. The molecule has 18 heavy (non-hydrogen) atoms. The lowest BCUT2D eigenvalue weighted by molar-refractivity contribution is 1.08. The second-order valence-electron chi connectivity index (χ2n) is 4.51. The predicted octanol–water partition coefficient (Wildman–Crippen LogP) is 4.21. The van der Waals surface area contributed by atoms with E-state index in [0.29, 0.717) is 5.88 Å². The van der Waals surface area contributed by atoms with E-state index in [0.717, 1.165) is 22.6 Å². The van der Waals surface area contributed by atoms with Crippen LogP contribution in [-0.2, 0) is 5.88 Å². The third-order valence-corrected chi connectivity index (χ3v) is 3.31. The maximum Gasteiger partial charge on any atom is 0.135 e. The molecule has 2 aromatic rings. The van der Waals surface area contributed by atoms with Crippen LogP contribution in [0.5, 0.6) is 0 Å². The number of alkyl halides is 1. The summed E-state index contributed by atoms with van der Waals surface area (Å²) >= 11 is 5.81. The van der Waals surface area contributed by atoms with Gasteiger partial charge in [0, 0.05) is 24.8 Å². The van der Waals surface area contributed by atoms with Gasteiger partial charge in [0.05, 0.1) is 0 Å². The minimum atomic E-state index is 0.502. The van der Waals surface area contributed by atoms with Crippen LogP contribution in [0.2, 0.25) is 0 Å². The van der Waals surface area contributed by atoms with Gasteiger partial charge in [-0.15, -0.1) is 11.6 Å². The number of hydrogen-bond donors (Lipinski definition) is 0. The first kappa shape index (κ1) is 12.9. The summed E-state index contributed by atoms with van der Waals surface area (Å²) in [4.78, 5) is 6.58. The number of halogens is 1. The molecule has 94 valence electrons. The Morgan fingerprint density at radius 3 is 2.39 bits per heavy atom. The average molecular weight is 261 g/mol. The lowest BCUT2D eigenvalue weighted by Crippen LogP contribution is -2.12. The van der Waals surface area contributed by atoms with Crippen molar-refractivity contribution in [3.05, 3.63) is 53.2 Å². The summed E-state index contributed by atoms with van der Waals surface area (Å²) in [6, 6.07) is 10.5. The van der Waals surface area contributed by atoms with E-state index >= 15 is 0 Å². The Hall–Kier alpha value is -1.54. The maximum absolute atomic E-state index is 5.81. The van der Waals surface area contributed by atoms with E-state index in [1.165, 1.54) is 5.56 Å². The molecule has 0 bridgehead atoms. The van der Waals surface area contributed by atoms with Crippen LogP contribution in [0, 0.1) is 13.8 Å². The van der Waals surface area contributed by atoms with E-state index in [9.17, 15) is 0 Å². The summed E-state index contributed by atoms with van der Waals surface area (Å²) in [5.41, 5.74) is 4.58. The van der Waals surface area contributed by atoms with Gasteiger partial charge in [-0.05, 0) is 43.2 Å². The summed E-state index contributed by atoms with van der Waals surface area (Å²) in [5, 5.41) is 0. The number of nitrogens with zero attached hydrogens (tertiary/aromatic N) is 2. The Balaban J connectivity index is 2.33. The highest BCUT2D eigenvalue weighted by atomic mass is 35.5. The van der Waals surface area contributed by atoms with Crippen LogP contribution < -0.4 is 4.90 Å². The Kier molecular flexibility index (Phi) is 3.87. The molecule has 0 aliphatic carbocycles. The van der Waals surface area contributed by atoms with Gasteiger partial charge in [0.1, 0.15) is 5.82 Å². The summed E-state index contributed by atoms with van der Waals surface area (Å²) in [7, 11) is 2.03. The van der Waals surface area contributed by atoms with E-state index in [1.54, 1.807) is 0 Å². The smallest absolute Gasteiger partial charge is 0.135 e. The Morgan fingerprint density at radius 1 is 1.17 bits per heavy atom. The van der Waals surface area contributed by atoms with Crippen molar-refractivity contribution in [1.29, 1.82) is 0 Å². The number of anilines is 2. The predicted molar refractivity (Wildman–Crippen MR) is 77.8 cm³/mol. The normalized spacial score (nSPS) is 10.4. The minimum Gasteiger partial charge on any atom is -0.329 e. The number of pyridine rings is 1. The quantitative estimate of drug-likeness (QED) is 0.769. The number of rotatable bonds is 3. The van der Waals surface area contributed by atoms with Crippen molar-refractivity contribution in [2.45, 2.75) is 19.7 Å². The molecule has 0 N–H and O–H groups in total. The molecule has 0 atom stereocenters. The summed E-state index contributed by atoms with van der Waals surface area (Å²) in [6.07, 6.45) is 1.83. The standard InChI is InChI=1S/C15H17ClN2/c1-11-4-6-14(7-5-11)18(3)15-12(2)8-13(9-16)10-17-15/h4-8,10H,9H2,1-3H3. The first-order valence-corrected chi connectivity index (χ1v) is 6.47. The van der Waals surface area contributed by atoms with Gasteiger partial charge in [0.25, 0.3) is 0 Å². The van der Waals surface area contributed by atoms with E-state index in [-0.39, 0.29) is 0 Å². The number of hydrogen-bond acceptors (Lipinski definition) is 2. The first-order chi connectivity index (χ1) is 8.61. The molecule has 0 aliphatic rings. The minimum absolute atomic E-state index is 0.502. The summed E-state index contributed by atoms with van der Waals surface area (Å²) < 4.78 is 0. The summed E-state index contributed by atoms with van der Waals surface area (Å²) in [5.74, 6) is 1.47. The van der Waals surface area contributed by atoms with Crippen molar-refractivity contribution in [2.24, 2.45) is 0 Å². The molecule has 0 spiro atoms. The highest BCUT2D eigenvalue weighted by molar-refractivity contribution is 6.17. The van der Waals surface area contributed by atoms with Crippen LogP contribution in [0.3, 0.4) is 0 Å². The van der Waals surface area contributed by atoms with Gasteiger partial charge in [0.2, 0.25) is 0 Å². The number of benzene rings is 1. The first-order valence-electron chi connectivity index (χ1n) is 5.93. The Morgan fingerprint density at radius 2 is 1.83 bits per heavy atom. The van der Waals surface area contributed by atoms with Crippen molar-refractivity contribution < 1.29 is 0 Å². The van der Waals surface area contributed by atoms with Crippen LogP contribution in [-0.4, -0.2) is 12.0 Å². The average Bonchev–Trinajstić information content (AvgIpc) is 2.38. The van der Waals surface area contributed by atoms with Crippen LogP contribution in [0.1, 0.15) is 16.7 Å². The molecule has 0 amide bonds. The zero-order valence-corrected chi connectivity index (χ0v) is 11.7. The fraction of sp³-hybridized carbons (Fsp3) is 0.267. The lowest BCUT2D eigenvalue weighted by Gasteiger charge is -2.20. The van der Waals surface area contributed by atoms with Crippen LogP contribution >= 0.6 is 11.6 Å². The fourth-order valence-electron chi connectivity index (χ4n) is 1.94. The molecule has 1 aromatic carbocycles. The largest absolute Gasteiger partial charge is 0.329 e. The monoisotopic (exact) mass is 260 g/mol. The van der Waals surface area contributed by atoms with Crippen molar-refractivity contribution in [1.82, 2.24) is 4.98 Å². The molecule has 0 unspecified atom stereocenters. The van der Waals surface area contributed by atoms with E-state index < -0.39 is 0 Å². The highest BCUT2D eigenvalue weighted by Gasteiger charge is 2.08. The molecule has 0 radical (unpaired) electrons. The van der Waals surface area contributed by atoms with Gasteiger partial charge in [0.15, 0.2) is 0 Å². The molecule has 0 aliphatic heterocycles. The molecule has 1 aromatic heterocycles. The molecule has 0 fully saturated rings. The third-order valence-electron chi connectivity index (χ3n) is 3.00. The molecule has 0 saturated carbocycles. The van der Waals surface area contributed by atoms with Gasteiger partial charge >= 0.3 is 0 Å². The number of aromatic nitrogens is 1. The van der Waals surface area contributed by atoms with Crippen molar-refractivity contribution in [3.63, 3.8) is 0 Å². The topological polar surface area (TPSA) is 16.1 Å². The molecule has 2 nitrogen and oxygen atoms in total. The SMILES string of the molecule is Cc1ccc(N(C)c2ncc(CCl)cc2C)cc1. The van der Waals surface area contributed by atoms with E-state index in [4.69, 9.17) is 11.6 Å². The Labute approximate surface area is 113 Å². The second kappa shape index (κ2) is 5.40. The van der Waals surface area contributed by atoms with Crippen LogP contribution in [0.15, 0.2) is 36.5 Å². The van der Waals surface area contributed by atoms with Crippen LogP contribution in [0.4, 0.5) is 11.5 Å². The highest BCUT2D eigenvalue weighted by Crippen LogP contribution is 2.25. The summed E-state index contributed by atoms with van der Waals surface area (Å²) in [6.45, 7) is 4.14. The van der Waals surface area contributed by atoms with Crippen molar-refractivity contribution >= 4 is 23.1 Å². The van der Waals surface area contributed by atoms with E-state index in [1.807, 2.05) is 13.2 Å². The van der Waals surface area contributed by atoms with Gasteiger partial charge in [-0.1, -0.05) is 17.7 Å². The van der Waals surface area contributed by atoms with Gasteiger partial charge < -0.3 is 4.90 Å². The molecule has 0 saturated heterocycles. The van der Waals surface area contributed by atoms with E-state index in [2.05, 4.69) is 54.1 Å². The lowest BCUT2D eigenvalue weighted by atomic mass is 10.2. The maximum atomic E-state index is 5.81. The van der Waals surface area contributed by atoms with Gasteiger partial charge in [-0.25, -0.2) is 4.98 Å². The fourth-order valence-corrected chi connectivity index (χ4v) is 2.09. The molecule has 1 heterocycles. The van der Waals surface area contributed by atoms with Crippen molar-refractivity contribution in [3.8, 4) is 0 Å². The zero-order valence-electron chi connectivity index (χ0n) is 10.9. The van der Waals surface area contributed by atoms with Gasteiger partial charge in [-0.3, -0.25) is 0 Å². The molecule has 2 rings (SSSR count). The number of aryl methyl sites for hydroxylation is 2. The van der Waals surface area contributed by atoms with Crippen molar-refractivity contribution in [2.75, 3.05) is 11.9 Å². The zero-order chi connectivity index (χ0) is 13.1. The molecular formula is C15H17ClN2. The second-order valence-corrected chi connectivity index (χ2v) is 4.78. The molecule has 3 heteroatoms.